The Hall–Kier alpha value is -2.28. The predicted molar refractivity (Wildman–Crippen MR) is 87.8 cm³/mol. The number of ether oxygens (including phenoxy) is 1. The third-order valence-corrected chi connectivity index (χ3v) is 3.43. The summed E-state index contributed by atoms with van der Waals surface area (Å²) < 4.78 is 32.2. The molecular formula is C16H16F2N2O2S. The number of carbonyl (C=O) groups is 1. The minimum absolute atomic E-state index is 0.373. The molecule has 23 heavy (non-hydrogen) atoms. The second-order valence-electron chi connectivity index (χ2n) is 5.66. The number of rotatable bonds is 3. The molecular weight excluding hydrogens is 322 g/mol. The summed E-state index contributed by atoms with van der Waals surface area (Å²) in [6.07, 6.45) is 0.691. The number of benzene rings is 1. The monoisotopic (exact) mass is 338 g/mol. The number of para-hydroxylation sites is 1. The van der Waals surface area contributed by atoms with Gasteiger partial charge in [-0.05, 0) is 44.4 Å². The summed E-state index contributed by atoms with van der Waals surface area (Å²) in [5, 5.41) is 4.80. The second-order valence-corrected chi connectivity index (χ2v) is 6.58. The molecule has 4 nitrogen and oxygen atoms in total. The van der Waals surface area contributed by atoms with Gasteiger partial charge in [-0.1, -0.05) is 6.07 Å². The third kappa shape index (κ3) is 4.85. The van der Waals surface area contributed by atoms with Gasteiger partial charge < -0.3 is 4.74 Å². The molecule has 0 aliphatic rings. The number of nitrogens with one attached hydrogen (secondary N) is 1. The van der Waals surface area contributed by atoms with Gasteiger partial charge in [0.1, 0.15) is 16.3 Å². The van der Waals surface area contributed by atoms with Crippen LogP contribution in [0.15, 0.2) is 34.6 Å². The van der Waals surface area contributed by atoms with E-state index in [4.69, 9.17) is 4.74 Å². The Labute approximate surface area is 136 Å². The van der Waals surface area contributed by atoms with Gasteiger partial charge >= 0.3 is 6.09 Å². The van der Waals surface area contributed by atoms with Gasteiger partial charge in [0.05, 0.1) is 0 Å². The highest BCUT2D eigenvalue weighted by molar-refractivity contribution is 7.14. The lowest BCUT2D eigenvalue weighted by Gasteiger charge is -2.19. The maximum absolute atomic E-state index is 13.5. The van der Waals surface area contributed by atoms with Crippen LogP contribution in [-0.4, -0.2) is 17.9 Å². The molecule has 0 atom stereocenters. The number of hydrogen-bond donors (Lipinski definition) is 1. The fourth-order valence-electron chi connectivity index (χ4n) is 1.67. The molecule has 122 valence electrons. The average molecular weight is 338 g/mol. The van der Waals surface area contributed by atoms with Gasteiger partial charge in [0.25, 0.3) is 0 Å². The fraction of sp³-hybridized carbons (Fsp3) is 0.250. The van der Waals surface area contributed by atoms with Crippen LogP contribution in [0.25, 0.3) is 0 Å². The van der Waals surface area contributed by atoms with Crippen LogP contribution in [0.2, 0.25) is 0 Å². The number of thiophene rings is 1. The Morgan fingerprint density at radius 2 is 1.91 bits per heavy atom. The lowest BCUT2D eigenvalue weighted by molar-refractivity contribution is 0.0636. The minimum atomic E-state index is -0.752. The van der Waals surface area contributed by atoms with Gasteiger partial charge in [-0.3, -0.25) is 5.32 Å². The molecule has 1 aromatic carbocycles. The Bertz CT molecular complexity index is 716. The maximum atomic E-state index is 13.5. The first-order valence-corrected chi connectivity index (χ1v) is 7.70. The smallest absolute Gasteiger partial charge is 0.412 e. The van der Waals surface area contributed by atoms with E-state index in [0.29, 0.717) is 10.6 Å². The van der Waals surface area contributed by atoms with Gasteiger partial charge in [-0.15, -0.1) is 11.3 Å². The Balaban J connectivity index is 2.15. The van der Waals surface area contributed by atoms with Crippen molar-refractivity contribution in [2.75, 3.05) is 5.32 Å². The number of halogens is 2. The molecule has 0 aliphatic carbocycles. The molecule has 1 amide bonds. The first-order valence-electron chi connectivity index (χ1n) is 6.82. The summed E-state index contributed by atoms with van der Waals surface area (Å²) in [5.41, 5.74) is -0.461. The number of carbonyl (C=O) groups excluding carboxylic acids is 1. The van der Waals surface area contributed by atoms with Gasteiger partial charge in [0.15, 0.2) is 11.6 Å². The molecule has 2 rings (SSSR count). The number of amides is 1. The highest BCUT2D eigenvalue weighted by Gasteiger charge is 2.17. The molecule has 1 N–H and O–H groups in total. The lowest BCUT2D eigenvalue weighted by atomic mass is 10.2. The maximum Gasteiger partial charge on any atom is 0.412 e. The van der Waals surface area contributed by atoms with Crippen molar-refractivity contribution in [3.63, 3.8) is 0 Å². The number of anilines is 1. The minimum Gasteiger partial charge on any atom is -0.444 e. The van der Waals surface area contributed by atoms with Crippen molar-refractivity contribution >= 4 is 34.3 Å². The van der Waals surface area contributed by atoms with Crippen molar-refractivity contribution in [3.05, 3.63) is 46.8 Å². The topological polar surface area (TPSA) is 50.7 Å². The molecule has 2 aromatic rings. The zero-order valence-corrected chi connectivity index (χ0v) is 13.7. The molecule has 0 radical (unpaired) electrons. The van der Waals surface area contributed by atoms with Crippen LogP contribution in [-0.2, 0) is 4.74 Å². The first-order chi connectivity index (χ1) is 10.8. The number of aliphatic imine (C=N–C) groups is 1. The molecule has 0 spiro atoms. The summed E-state index contributed by atoms with van der Waals surface area (Å²) in [4.78, 5) is 15.6. The van der Waals surface area contributed by atoms with Crippen molar-refractivity contribution in [1.29, 1.82) is 0 Å². The SMILES string of the molecule is CC(C)(C)OC(=O)Nc1sccc1/C=N/c1c(F)cccc1F. The van der Waals surface area contributed by atoms with E-state index in [9.17, 15) is 13.6 Å². The molecule has 0 unspecified atom stereocenters. The summed E-state index contributed by atoms with van der Waals surface area (Å²) >= 11 is 1.26. The summed E-state index contributed by atoms with van der Waals surface area (Å²) in [6.45, 7) is 5.26. The fourth-order valence-corrected chi connectivity index (χ4v) is 2.41. The number of nitrogens with zero attached hydrogens (tertiary/aromatic N) is 1. The molecule has 0 aliphatic heterocycles. The van der Waals surface area contributed by atoms with Crippen LogP contribution in [0.3, 0.4) is 0 Å². The Morgan fingerprint density at radius 1 is 1.26 bits per heavy atom. The molecule has 1 aromatic heterocycles. The molecule has 1 heterocycles. The third-order valence-electron chi connectivity index (χ3n) is 2.58. The second kappa shape index (κ2) is 6.87. The molecule has 0 saturated carbocycles. The summed E-state index contributed by atoms with van der Waals surface area (Å²) in [7, 11) is 0. The largest absolute Gasteiger partial charge is 0.444 e. The summed E-state index contributed by atoms with van der Waals surface area (Å²) in [6, 6.07) is 5.20. The van der Waals surface area contributed by atoms with Gasteiger partial charge in [-0.25, -0.2) is 18.6 Å². The van der Waals surface area contributed by atoms with Crippen molar-refractivity contribution in [1.82, 2.24) is 0 Å². The van der Waals surface area contributed by atoms with Crippen molar-refractivity contribution < 1.29 is 18.3 Å². The van der Waals surface area contributed by atoms with Gasteiger partial charge in [-0.2, -0.15) is 0 Å². The standard InChI is InChI=1S/C16H16F2N2O2S/c1-16(2,3)22-15(21)20-14-10(7-8-23-14)9-19-13-11(17)5-4-6-12(13)18/h4-9H,1-3H3,(H,20,21)/b19-9+. The van der Waals surface area contributed by atoms with E-state index in [1.165, 1.54) is 23.6 Å². The molecule has 0 bridgehead atoms. The zero-order valence-electron chi connectivity index (χ0n) is 12.9. The van der Waals surface area contributed by atoms with E-state index in [1.807, 2.05) is 0 Å². The van der Waals surface area contributed by atoms with E-state index < -0.39 is 23.3 Å². The number of hydrogen-bond acceptors (Lipinski definition) is 4. The van der Waals surface area contributed by atoms with Crippen LogP contribution >= 0.6 is 11.3 Å². The van der Waals surface area contributed by atoms with E-state index in [-0.39, 0.29) is 5.69 Å². The molecule has 0 fully saturated rings. The van der Waals surface area contributed by atoms with Gasteiger partial charge in [0, 0.05) is 11.8 Å². The summed E-state index contributed by atoms with van der Waals surface area (Å²) in [5.74, 6) is -1.50. The quantitative estimate of drug-likeness (QED) is 0.789. The van der Waals surface area contributed by atoms with E-state index in [2.05, 4.69) is 10.3 Å². The molecule has 7 heteroatoms. The van der Waals surface area contributed by atoms with E-state index >= 15 is 0 Å². The Morgan fingerprint density at radius 3 is 2.52 bits per heavy atom. The van der Waals surface area contributed by atoms with E-state index in [0.717, 1.165) is 12.1 Å². The predicted octanol–water partition coefficient (Wildman–Crippen LogP) is 5.12. The van der Waals surface area contributed by atoms with Crippen molar-refractivity contribution in [2.45, 2.75) is 26.4 Å². The highest BCUT2D eigenvalue weighted by atomic mass is 32.1. The van der Waals surface area contributed by atoms with Crippen molar-refractivity contribution in [3.8, 4) is 0 Å². The lowest BCUT2D eigenvalue weighted by Crippen LogP contribution is -2.27. The zero-order chi connectivity index (χ0) is 17.0. The highest BCUT2D eigenvalue weighted by Crippen LogP contribution is 2.25. The first kappa shape index (κ1) is 17.1. The van der Waals surface area contributed by atoms with E-state index in [1.54, 1.807) is 32.2 Å². The average Bonchev–Trinajstić information content (AvgIpc) is 2.83. The van der Waals surface area contributed by atoms with Gasteiger partial charge in [0.2, 0.25) is 0 Å². The normalized spacial score (nSPS) is 11.7. The molecule has 0 saturated heterocycles. The van der Waals surface area contributed by atoms with Crippen LogP contribution in [0, 0.1) is 11.6 Å². The van der Waals surface area contributed by atoms with Crippen molar-refractivity contribution in [2.24, 2.45) is 4.99 Å². The van der Waals surface area contributed by atoms with Crippen LogP contribution in [0.1, 0.15) is 26.3 Å². The van der Waals surface area contributed by atoms with Crippen LogP contribution in [0.4, 0.5) is 24.3 Å². The van der Waals surface area contributed by atoms with Crippen LogP contribution < -0.4 is 5.32 Å². The Kier molecular flexibility index (Phi) is 5.10. The van der Waals surface area contributed by atoms with Crippen LogP contribution in [0.5, 0.6) is 0 Å².